The molecule has 0 heteroatoms. The highest BCUT2D eigenvalue weighted by Gasteiger charge is 2.16. The van der Waals surface area contributed by atoms with E-state index < -0.39 is 0 Å². The normalized spacial score (nSPS) is 15.3. The first kappa shape index (κ1) is 21.1. The fourth-order valence-corrected chi connectivity index (χ4v) is 4.33. The van der Waals surface area contributed by atoms with E-state index in [-0.39, 0.29) is 0 Å². The van der Waals surface area contributed by atoms with E-state index in [1.54, 1.807) is 0 Å². The van der Waals surface area contributed by atoms with Crippen LogP contribution < -0.4 is 0 Å². The van der Waals surface area contributed by atoms with Gasteiger partial charge in [-0.15, -0.1) is 0 Å². The lowest BCUT2D eigenvalue weighted by atomic mass is 9.92. The molecule has 0 saturated heterocycles. The van der Waals surface area contributed by atoms with Crippen molar-refractivity contribution in [1.29, 1.82) is 0 Å². The Labute approximate surface area is 187 Å². The zero-order chi connectivity index (χ0) is 21.8. The zero-order valence-electron chi connectivity index (χ0n) is 18.8. The second-order valence-electron chi connectivity index (χ2n) is 9.05. The Morgan fingerprint density at radius 3 is 2.16 bits per heavy atom. The lowest BCUT2D eigenvalue weighted by Gasteiger charge is -2.12. The van der Waals surface area contributed by atoms with Gasteiger partial charge in [-0.05, 0) is 82.2 Å². The van der Waals surface area contributed by atoms with Crippen molar-refractivity contribution in [3.63, 3.8) is 0 Å². The predicted molar refractivity (Wildman–Crippen MR) is 135 cm³/mol. The van der Waals surface area contributed by atoms with E-state index in [0.717, 1.165) is 25.7 Å². The molecule has 0 bridgehead atoms. The molecule has 1 saturated carbocycles. The molecule has 0 unspecified atom stereocenters. The highest BCUT2D eigenvalue weighted by molar-refractivity contribution is 5.72. The Morgan fingerprint density at radius 1 is 0.806 bits per heavy atom. The fraction of sp³-hybridized carbons (Fsp3) is 0.226. The van der Waals surface area contributed by atoms with Gasteiger partial charge in [-0.25, -0.2) is 0 Å². The van der Waals surface area contributed by atoms with E-state index in [1.807, 2.05) is 0 Å². The number of hydrogen-bond donors (Lipinski definition) is 0. The van der Waals surface area contributed by atoms with Crippen molar-refractivity contribution in [2.75, 3.05) is 0 Å². The van der Waals surface area contributed by atoms with Crippen LogP contribution in [0.4, 0.5) is 0 Å². The van der Waals surface area contributed by atoms with Gasteiger partial charge in [-0.3, -0.25) is 0 Å². The lowest BCUT2D eigenvalue weighted by molar-refractivity contribution is 0.867. The summed E-state index contributed by atoms with van der Waals surface area (Å²) in [5.41, 5.74) is 11.8. The first-order chi connectivity index (χ1) is 15.0. The van der Waals surface area contributed by atoms with Crippen LogP contribution in [0.2, 0.25) is 0 Å². The largest absolute Gasteiger partial charge is 0.0992 e. The lowest BCUT2D eigenvalue weighted by Crippen LogP contribution is -1.96. The average Bonchev–Trinajstić information content (AvgIpc) is 3.10. The molecule has 3 aromatic carbocycles. The van der Waals surface area contributed by atoms with E-state index in [0.29, 0.717) is 5.92 Å². The standard InChI is InChI=1S/C31H32/c1-22(2)26-12-14-27(15-13-26)29-17-16-28(11-10-25-8-6-5-7-9-25)31(20-29)21-30-19-23(3)18-24(30)4/h5-9,12-17,20-22H,3-4,10-11,18-19H2,1-2H3. The fourth-order valence-electron chi connectivity index (χ4n) is 4.33. The van der Waals surface area contributed by atoms with Crippen LogP contribution in [0.25, 0.3) is 17.2 Å². The molecule has 3 aromatic rings. The molecule has 0 heterocycles. The summed E-state index contributed by atoms with van der Waals surface area (Å²) in [7, 11) is 0. The van der Waals surface area contributed by atoms with Crippen molar-refractivity contribution in [3.05, 3.63) is 125 Å². The van der Waals surface area contributed by atoms with Gasteiger partial charge in [0, 0.05) is 0 Å². The van der Waals surface area contributed by atoms with Gasteiger partial charge >= 0.3 is 0 Å². The molecule has 31 heavy (non-hydrogen) atoms. The Balaban J connectivity index is 1.68. The summed E-state index contributed by atoms with van der Waals surface area (Å²) in [5, 5.41) is 0. The maximum atomic E-state index is 4.28. The Kier molecular flexibility index (Phi) is 6.37. The van der Waals surface area contributed by atoms with Crippen LogP contribution in [0.1, 0.15) is 54.9 Å². The topological polar surface area (TPSA) is 0 Å². The summed E-state index contributed by atoms with van der Waals surface area (Å²) < 4.78 is 0. The first-order valence-corrected chi connectivity index (χ1v) is 11.3. The monoisotopic (exact) mass is 404 g/mol. The van der Waals surface area contributed by atoms with Crippen LogP contribution in [0, 0.1) is 0 Å². The minimum Gasteiger partial charge on any atom is -0.0992 e. The SMILES string of the molecule is C=C1CC(=C)C(=Cc2cc(-c3ccc(C(C)C)cc3)ccc2CCc2ccccc2)C1. The molecule has 0 amide bonds. The van der Waals surface area contributed by atoms with Crippen molar-refractivity contribution in [2.45, 2.75) is 45.4 Å². The average molecular weight is 405 g/mol. The summed E-state index contributed by atoms with van der Waals surface area (Å²) in [4.78, 5) is 0. The highest BCUT2D eigenvalue weighted by atomic mass is 14.2. The molecule has 0 aromatic heterocycles. The quantitative estimate of drug-likeness (QED) is 0.361. The van der Waals surface area contributed by atoms with Crippen molar-refractivity contribution < 1.29 is 0 Å². The van der Waals surface area contributed by atoms with Crippen LogP contribution in [-0.4, -0.2) is 0 Å². The number of benzene rings is 3. The smallest absolute Gasteiger partial charge is 0.00636 e. The molecule has 156 valence electrons. The van der Waals surface area contributed by atoms with Gasteiger partial charge < -0.3 is 0 Å². The van der Waals surface area contributed by atoms with Crippen LogP contribution in [0.5, 0.6) is 0 Å². The predicted octanol–water partition coefficient (Wildman–Crippen LogP) is 8.55. The van der Waals surface area contributed by atoms with Crippen LogP contribution in [0.3, 0.4) is 0 Å². The maximum absolute atomic E-state index is 4.28. The van der Waals surface area contributed by atoms with E-state index in [9.17, 15) is 0 Å². The van der Waals surface area contributed by atoms with E-state index in [2.05, 4.69) is 106 Å². The molecule has 0 radical (unpaired) electrons. The molecule has 0 spiro atoms. The summed E-state index contributed by atoms with van der Waals surface area (Å²) >= 11 is 0. The molecule has 1 fully saturated rings. The number of hydrogen-bond acceptors (Lipinski definition) is 0. The summed E-state index contributed by atoms with van der Waals surface area (Å²) in [6.45, 7) is 12.9. The molecule has 0 atom stereocenters. The van der Waals surface area contributed by atoms with Gasteiger partial charge in [0.05, 0.1) is 0 Å². The second-order valence-corrected chi connectivity index (χ2v) is 9.05. The summed E-state index contributed by atoms with van der Waals surface area (Å²) in [6.07, 6.45) is 6.31. The van der Waals surface area contributed by atoms with Crippen molar-refractivity contribution in [2.24, 2.45) is 0 Å². The van der Waals surface area contributed by atoms with Gasteiger partial charge in [0.2, 0.25) is 0 Å². The van der Waals surface area contributed by atoms with Crippen molar-refractivity contribution in [1.82, 2.24) is 0 Å². The Morgan fingerprint density at radius 2 is 1.52 bits per heavy atom. The molecular formula is C31H32. The van der Waals surface area contributed by atoms with E-state index >= 15 is 0 Å². The number of aryl methyl sites for hydroxylation is 2. The number of rotatable bonds is 6. The molecular weight excluding hydrogens is 372 g/mol. The van der Waals surface area contributed by atoms with Crippen LogP contribution in [0.15, 0.2) is 103 Å². The van der Waals surface area contributed by atoms with Crippen LogP contribution in [-0.2, 0) is 12.8 Å². The maximum Gasteiger partial charge on any atom is -0.00636 e. The molecule has 1 aliphatic carbocycles. The zero-order valence-corrected chi connectivity index (χ0v) is 18.8. The third-order valence-electron chi connectivity index (χ3n) is 6.27. The van der Waals surface area contributed by atoms with Gasteiger partial charge in [0.1, 0.15) is 0 Å². The van der Waals surface area contributed by atoms with Crippen molar-refractivity contribution >= 4 is 6.08 Å². The van der Waals surface area contributed by atoms with E-state index in [1.165, 1.54) is 50.1 Å². The Bertz CT molecular complexity index is 1110. The second kappa shape index (κ2) is 9.35. The highest BCUT2D eigenvalue weighted by Crippen LogP contribution is 2.35. The summed E-state index contributed by atoms with van der Waals surface area (Å²) in [5.74, 6) is 0.552. The minimum absolute atomic E-state index is 0.552. The van der Waals surface area contributed by atoms with E-state index in [4.69, 9.17) is 0 Å². The van der Waals surface area contributed by atoms with Gasteiger partial charge in [0.25, 0.3) is 0 Å². The molecule has 0 aliphatic heterocycles. The summed E-state index contributed by atoms with van der Waals surface area (Å²) in [6, 6.07) is 26.7. The molecule has 4 rings (SSSR count). The van der Waals surface area contributed by atoms with Gasteiger partial charge in [-0.2, -0.15) is 0 Å². The van der Waals surface area contributed by atoms with Gasteiger partial charge in [0.15, 0.2) is 0 Å². The Hall–Kier alpha value is -3.12. The van der Waals surface area contributed by atoms with Crippen LogP contribution >= 0.6 is 0 Å². The number of allylic oxidation sites excluding steroid dienone is 3. The molecule has 0 N–H and O–H groups in total. The van der Waals surface area contributed by atoms with Gasteiger partial charge in [-0.1, -0.05) is 105 Å². The minimum atomic E-state index is 0.552. The third kappa shape index (κ3) is 5.14. The molecule has 1 aliphatic rings. The third-order valence-corrected chi connectivity index (χ3v) is 6.27. The van der Waals surface area contributed by atoms with Crippen molar-refractivity contribution in [3.8, 4) is 11.1 Å². The molecule has 0 nitrogen and oxygen atoms in total. The first-order valence-electron chi connectivity index (χ1n) is 11.3.